The van der Waals surface area contributed by atoms with Crippen molar-refractivity contribution < 1.29 is 4.79 Å². The van der Waals surface area contributed by atoms with E-state index in [-0.39, 0.29) is 11.5 Å². The molecule has 0 spiro atoms. The van der Waals surface area contributed by atoms with E-state index in [9.17, 15) is 9.59 Å². The number of nitrogens with zero attached hydrogens (tertiary/aromatic N) is 5. The quantitative estimate of drug-likeness (QED) is 0.699. The second-order valence-corrected chi connectivity index (χ2v) is 7.21. The summed E-state index contributed by atoms with van der Waals surface area (Å²) in [6.45, 7) is 3.92. The summed E-state index contributed by atoms with van der Waals surface area (Å²) in [4.78, 5) is 26.9. The van der Waals surface area contributed by atoms with E-state index >= 15 is 0 Å². The molecular weight excluding hydrogens is 354 g/mol. The molecule has 0 bridgehead atoms. The van der Waals surface area contributed by atoms with Crippen molar-refractivity contribution in [2.75, 3.05) is 13.1 Å². The van der Waals surface area contributed by atoms with E-state index in [0.717, 1.165) is 24.0 Å². The topological polar surface area (TPSA) is 73.0 Å². The van der Waals surface area contributed by atoms with E-state index in [1.54, 1.807) is 23.1 Å². The molecule has 144 valence electrons. The van der Waals surface area contributed by atoms with Gasteiger partial charge in [0.1, 0.15) is 0 Å². The maximum absolute atomic E-state index is 12.8. The predicted molar refractivity (Wildman–Crippen MR) is 105 cm³/mol. The van der Waals surface area contributed by atoms with Gasteiger partial charge in [-0.05, 0) is 49.4 Å². The smallest absolute Gasteiger partial charge is 0.266 e. The Morgan fingerprint density at radius 2 is 1.89 bits per heavy atom. The van der Waals surface area contributed by atoms with Gasteiger partial charge < -0.3 is 4.90 Å². The molecule has 1 saturated heterocycles. The molecule has 3 heterocycles. The molecule has 7 heteroatoms. The third-order valence-corrected chi connectivity index (χ3v) is 5.30. The monoisotopic (exact) mass is 377 g/mol. The van der Waals surface area contributed by atoms with Crippen molar-refractivity contribution >= 4 is 5.91 Å². The first-order chi connectivity index (χ1) is 13.6. The Kier molecular flexibility index (Phi) is 5.06. The Balaban J connectivity index is 1.41. The van der Waals surface area contributed by atoms with E-state index in [1.807, 2.05) is 42.2 Å². The molecule has 1 fully saturated rings. The van der Waals surface area contributed by atoms with Crippen molar-refractivity contribution in [3.8, 4) is 5.82 Å². The number of carbonyl (C=O) groups is 1. The number of piperidine rings is 1. The third-order valence-electron chi connectivity index (χ3n) is 5.30. The van der Waals surface area contributed by atoms with E-state index in [2.05, 4.69) is 10.2 Å². The molecule has 3 aromatic rings. The average molecular weight is 377 g/mol. The lowest BCUT2D eigenvalue weighted by Crippen LogP contribution is -2.40. The molecule has 28 heavy (non-hydrogen) atoms. The molecule has 1 amide bonds. The number of amides is 1. The van der Waals surface area contributed by atoms with Crippen LogP contribution in [0.15, 0.2) is 59.7 Å². The normalized spacial score (nSPS) is 15.0. The standard InChI is InChI=1S/C21H23N5O2/c1-16-5-2-3-6-18(16)21(28)24-13-9-17(10-14-24)15-26-20(27)8-7-19(23-26)25-12-4-11-22-25/h2-8,11-12,17H,9-10,13-15H2,1H3. The highest BCUT2D eigenvalue weighted by Crippen LogP contribution is 2.21. The van der Waals surface area contributed by atoms with Crippen molar-refractivity contribution in [1.82, 2.24) is 24.5 Å². The van der Waals surface area contributed by atoms with Gasteiger partial charge in [-0.3, -0.25) is 9.59 Å². The van der Waals surface area contributed by atoms with Crippen LogP contribution < -0.4 is 5.56 Å². The summed E-state index contributed by atoms with van der Waals surface area (Å²) in [5.41, 5.74) is 1.65. The van der Waals surface area contributed by atoms with Crippen molar-refractivity contribution in [2.24, 2.45) is 5.92 Å². The van der Waals surface area contributed by atoms with Gasteiger partial charge >= 0.3 is 0 Å². The Hall–Kier alpha value is -3.22. The predicted octanol–water partition coefficient (Wildman–Crippen LogP) is 2.29. The molecule has 4 rings (SSSR count). The van der Waals surface area contributed by atoms with Crippen LogP contribution in [-0.2, 0) is 6.54 Å². The summed E-state index contributed by atoms with van der Waals surface area (Å²) < 4.78 is 3.15. The second-order valence-electron chi connectivity index (χ2n) is 7.21. The SMILES string of the molecule is Cc1ccccc1C(=O)N1CCC(Cn2nc(-n3cccn3)ccc2=O)CC1. The molecule has 0 atom stereocenters. The maximum atomic E-state index is 12.8. The van der Waals surface area contributed by atoms with Gasteiger partial charge in [-0.1, -0.05) is 18.2 Å². The minimum atomic E-state index is -0.116. The van der Waals surface area contributed by atoms with E-state index in [4.69, 9.17) is 0 Å². The van der Waals surface area contributed by atoms with Gasteiger partial charge in [0, 0.05) is 43.7 Å². The van der Waals surface area contributed by atoms with Crippen LogP contribution in [0.1, 0.15) is 28.8 Å². The molecule has 7 nitrogen and oxygen atoms in total. The Morgan fingerprint density at radius 1 is 1.11 bits per heavy atom. The fourth-order valence-corrected chi connectivity index (χ4v) is 3.64. The maximum Gasteiger partial charge on any atom is 0.266 e. The highest BCUT2D eigenvalue weighted by atomic mass is 16.2. The number of aromatic nitrogens is 4. The van der Waals surface area contributed by atoms with Crippen molar-refractivity contribution in [3.05, 3.63) is 76.3 Å². The number of hydrogen-bond acceptors (Lipinski definition) is 4. The zero-order valence-corrected chi connectivity index (χ0v) is 15.9. The van der Waals surface area contributed by atoms with E-state index < -0.39 is 0 Å². The molecule has 1 aliphatic heterocycles. The van der Waals surface area contributed by atoms with Crippen LogP contribution in [0.4, 0.5) is 0 Å². The van der Waals surface area contributed by atoms with E-state index in [1.165, 1.54) is 10.7 Å². The first-order valence-corrected chi connectivity index (χ1v) is 9.55. The van der Waals surface area contributed by atoms with Crippen LogP contribution >= 0.6 is 0 Å². The molecular formula is C21H23N5O2. The number of aryl methyl sites for hydroxylation is 1. The van der Waals surface area contributed by atoms with Gasteiger partial charge in [-0.2, -0.15) is 5.10 Å². The van der Waals surface area contributed by atoms with Crippen LogP contribution in [0.5, 0.6) is 0 Å². The Bertz CT molecular complexity index is 1020. The molecule has 0 aliphatic carbocycles. The number of rotatable bonds is 4. The molecule has 0 saturated carbocycles. The van der Waals surface area contributed by atoms with Gasteiger partial charge in [0.05, 0.1) is 0 Å². The largest absolute Gasteiger partial charge is 0.339 e. The number of likely N-dealkylation sites (tertiary alicyclic amines) is 1. The van der Waals surface area contributed by atoms with Crippen molar-refractivity contribution in [1.29, 1.82) is 0 Å². The first-order valence-electron chi connectivity index (χ1n) is 9.55. The molecule has 0 N–H and O–H groups in total. The molecule has 1 aromatic carbocycles. The minimum Gasteiger partial charge on any atom is -0.339 e. The molecule has 1 aliphatic rings. The van der Waals surface area contributed by atoms with Crippen LogP contribution in [0.2, 0.25) is 0 Å². The fraction of sp³-hybridized carbons (Fsp3) is 0.333. The number of benzene rings is 1. The summed E-state index contributed by atoms with van der Waals surface area (Å²) in [5, 5.41) is 8.61. The van der Waals surface area contributed by atoms with Crippen molar-refractivity contribution in [2.45, 2.75) is 26.3 Å². The lowest BCUT2D eigenvalue weighted by atomic mass is 9.96. The zero-order chi connectivity index (χ0) is 19.5. The summed E-state index contributed by atoms with van der Waals surface area (Å²) in [5.74, 6) is 1.03. The second kappa shape index (κ2) is 7.80. The lowest BCUT2D eigenvalue weighted by Gasteiger charge is -2.32. The first kappa shape index (κ1) is 18.2. The summed E-state index contributed by atoms with van der Waals surface area (Å²) in [7, 11) is 0. The van der Waals surface area contributed by atoms with Crippen LogP contribution in [0.25, 0.3) is 5.82 Å². The highest BCUT2D eigenvalue weighted by molar-refractivity contribution is 5.95. The van der Waals surface area contributed by atoms with Gasteiger partial charge in [-0.15, -0.1) is 5.10 Å². The van der Waals surface area contributed by atoms with Crippen LogP contribution in [0, 0.1) is 12.8 Å². The third kappa shape index (κ3) is 3.74. The summed E-state index contributed by atoms with van der Waals surface area (Å²) in [6.07, 6.45) is 5.20. The van der Waals surface area contributed by atoms with Gasteiger partial charge in [0.25, 0.3) is 11.5 Å². The lowest BCUT2D eigenvalue weighted by molar-refractivity contribution is 0.0679. The zero-order valence-electron chi connectivity index (χ0n) is 15.9. The highest BCUT2D eigenvalue weighted by Gasteiger charge is 2.25. The van der Waals surface area contributed by atoms with Gasteiger partial charge in [0.15, 0.2) is 5.82 Å². The number of hydrogen-bond donors (Lipinski definition) is 0. The van der Waals surface area contributed by atoms with E-state index in [0.29, 0.717) is 31.4 Å². The molecule has 2 aromatic heterocycles. The molecule has 0 unspecified atom stereocenters. The van der Waals surface area contributed by atoms with Gasteiger partial charge in [0.2, 0.25) is 0 Å². The Morgan fingerprint density at radius 3 is 2.61 bits per heavy atom. The summed E-state index contributed by atoms with van der Waals surface area (Å²) in [6, 6.07) is 12.7. The van der Waals surface area contributed by atoms with Gasteiger partial charge in [-0.25, -0.2) is 9.36 Å². The van der Waals surface area contributed by atoms with Crippen LogP contribution in [0.3, 0.4) is 0 Å². The Labute approximate surface area is 163 Å². The summed E-state index contributed by atoms with van der Waals surface area (Å²) >= 11 is 0. The molecule has 0 radical (unpaired) electrons. The van der Waals surface area contributed by atoms with Crippen molar-refractivity contribution in [3.63, 3.8) is 0 Å². The average Bonchev–Trinajstić information content (AvgIpc) is 3.25. The number of carbonyl (C=O) groups excluding carboxylic acids is 1. The van der Waals surface area contributed by atoms with Crippen LogP contribution in [-0.4, -0.2) is 43.5 Å². The minimum absolute atomic E-state index is 0.0903. The fourth-order valence-electron chi connectivity index (χ4n) is 3.64.